The largest absolute Gasteiger partial charge is 0.361 e. The lowest BCUT2D eigenvalue weighted by Gasteiger charge is -2.07. The van der Waals surface area contributed by atoms with E-state index in [1.807, 2.05) is 30.5 Å². The first-order valence-corrected chi connectivity index (χ1v) is 6.58. The standard InChI is InChI=1S/C17H13N3/c1-2-4-16-12(3-1)5-8-17(20-16)19-14-6-7-15-13(11-14)9-10-18-15/h1-11,18H,(H,19,20). The number of aromatic amines is 1. The van der Waals surface area contributed by atoms with Gasteiger partial charge in [-0.3, -0.25) is 0 Å². The molecule has 0 spiro atoms. The van der Waals surface area contributed by atoms with E-state index in [-0.39, 0.29) is 0 Å². The van der Waals surface area contributed by atoms with E-state index < -0.39 is 0 Å². The topological polar surface area (TPSA) is 40.7 Å². The van der Waals surface area contributed by atoms with Crippen molar-refractivity contribution in [3.8, 4) is 0 Å². The smallest absolute Gasteiger partial charge is 0.131 e. The number of H-pyrrole nitrogens is 1. The van der Waals surface area contributed by atoms with Crippen LogP contribution in [0.4, 0.5) is 11.5 Å². The average molecular weight is 259 g/mol. The van der Waals surface area contributed by atoms with Crippen LogP contribution in [-0.4, -0.2) is 9.97 Å². The van der Waals surface area contributed by atoms with E-state index in [1.54, 1.807) is 0 Å². The van der Waals surface area contributed by atoms with Gasteiger partial charge in [0.15, 0.2) is 0 Å². The van der Waals surface area contributed by atoms with E-state index in [0.717, 1.165) is 27.9 Å². The number of para-hydroxylation sites is 1. The van der Waals surface area contributed by atoms with Crippen LogP contribution in [-0.2, 0) is 0 Å². The molecule has 2 heterocycles. The molecule has 20 heavy (non-hydrogen) atoms. The Morgan fingerprint density at radius 1 is 0.850 bits per heavy atom. The molecule has 0 fully saturated rings. The van der Waals surface area contributed by atoms with Crippen LogP contribution in [0.3, 0.4) is 0 Å². The molecule has 4 aromatic rings. The minimum absolute atomic E-state index is 0.860. The molecule has 2 aromatic heterocycles. The van der Waals surface area contributed by atoms with Crippen LogP contribution in [0.15, 0.2) is 66.9 Å². The second kappa shape index (κ2) is 4.38. The van der Waals surface area contributed by atoms with Crippen molar-refractivity contribution in [3.63, 3.8) is 0 Å². The maximum atomic E-state index is 4.62. The number of aromatic nitrogens is 2. The minimum Gasteiger partial charge on any atom is -0.361 e. The molecule has 0 aliphatic carbocycles. The van der Waals surface area contributed by atoms with Crippen molar-refractivity contribution in [1.82, 2.24) is 9.97 Å². The van der Waals surface area contributed by atoms with E-state index in [9.17, 15) is 0 Å². The molecule has 0 unspecified atom stereocenters. The third kappa shape index (κ3) is 1.89. The third-order valence-electron chi connectivity index (χ3n) is 3.42. The van der Waals surface area contributed by atoms with Gasteiger partial charge < -0.3 is 10.3 Å². The molecular weight excluding hydrogens is 246 g/mol. The Labute approximate surface area is 116 Å². The Kier molecular flexibility index (Phi) is 2.42. The quantitative estimate of drug-likeness (QED) is 0.558. The predicted octanol–water partition coefficient (Wildman–Crippen LogP) is 4.46. The van der Waals surface area contributed by atoms with Crippen LogP contribution in [0.25, 0.3) is 21.8 Å². The van der Waals surface area contributed by atoms with Gasteiger partial charge >= 0.3 is 0 Å². The molecule has 2 aromatic carbocycles. The lowest BCUT2D eigenvalue weighted by Crippen LogP contribution is -1.93. The van der Waals surface area contributed by atoms with Crippen molar-refractivity contribution in [2.45, 2.75) is 0 Å². The first-order valence-electron chi connectivity index (χ1n) is 6.58. The fraction of sp³-hybridized carbons (Fsp3) is 0. The monoisotopic (exact) mass is 259 g/mol. The normalized spacial score (nSPS) is 11.0. The van der Waals surface area contributed by atoms with Gasteiger partial charge in [0.25, 0.3) is 0 Å². The highest BCUT2D eigenvalue weighted by atomic mass is 15.0. The summed E-state index contributed by atoms with van der Waals surface area (Å²) in [7, 11) is 0. The Morgan fingerprint density at radius 2 is 1.80 bits per heavy atom. The van der Waals surface area contributed by atoms with Gasteiger partial charge in [0.1, 0.15) is 5.82 Å². The number of pyridine rings is 1. The van der Waals surface area contributed by atoms with E-state index in [0.29, 0.717) is 0 Å². The second-order valence-corrected chi connectivity index (χ2v) is 4.79. The summed E-state index contributed by atoms with van der Waals surface area (Å²) >= 11 is 0. The second-order valence-electron chi connectivity index (χ2n) is 4.79. The summed E-state index contributed by atoms with van der Waals surface area (Å²) in [6, 6.07) is 20.5. The van der Waals surface area contributed by atoms with E-state index >= 15 is 0 Å². The summed E-state index contributed by atoms with van der Waals surface area (Å²) in [5.41, 5.74) is 3.18. The fourth-order valence-corrected chi connectivity index (χ4v) is 2.41. The molecular formula is C17H13N3. The molecule has 0 radical (unpaired) electrons. The molecule has 4 rings (SSSR count). The first-order chi connectivity index (χ1) is 9.88. The fourth-order valence-electron chi connectivity index (χ4n) is 2.41. The van der Waals surface area contributed by atoms with Crippen LogP contribution in [0, 0.1) is 0 Å². The summed E-state index contributed by atoms with van der Waals surface area (Å²) in [6.45, 7) is 0. The summed E-state index contributed by atoms with van der Waals surface area (Å²) in [5.74, 6) is 0.860. The highest BCUT2D eigenvalue weighted by Gasteiger charge is 2.00. The summed E-state index contributed by atoms with van der Waals surface area (Å²) < 4.78 is 0. The maximum absolute atomic E-state index is 4.62. The Balaban J connectivity index is 1.72. The van der Waals surface area contributed by atoms with Crippen molar-refractivity contribution < 1.29 is 0 Å². The van der Waals surface area contributed by atoms with Crippen molar-refractivity contribution >= 4 is 33.3 Å². The predicted molar refractivity (Wildman–Crippen MR) is 83.3 cm³/mol. The molecule has 0 amide bonds. The molecule has 2 N–H and O–H groups in total. The van der Waals surface area contributed by atoms with Crippen LogP contribution in [0.1, 0.15) is 0 Å². The number of anilines is 2. The number of rotatable bonds is 2. The molecule has 3 nitrogen and oxygen atoms in total. The summed E-state index contributed by atoms with van der Waals surface area (Å²) in [6.07, 6.45) is 1.95. The zero-order valence-electron chi connectivity index (χ0n) is 10.8. The van der Waals surface area contributed by atoms with E-state index in [1.165, 1.54) is 5.39 Å². The minimum atomic E-state index is 0.860. The molecule has 0 saturated heterocycles. The Hall–Kier alpha value is -2.81. The van der Waals surface area contributed by atoms with Gasteiger partial charge in [0, 0.05) is 28.2 Å². The number of fused-ring (bicyclic) bond motifs is 2. The summed E-state index contributed by atoms with van der Waals surface area (Å²) in [5, 5.41) is 5.70. The number of nitrogens with one attached hydrogen (secondary N) is 2. The van der Waals surface area contributed by atoms with Crippen molar-refractivity contribution in [2.24, 2.45) is 0 Å². The van der Waals surface area contributed by atoms with Gasteiger partial charge in [0.2, 0.25) is 0 Å². The van der Waals surface area contributed by atoms with Crippen LogP contribution < -0.4 is 5.32 Å². The van der Waals surface area contributed by atoms with Gasteiger partial charge in [-0.05, 0) is 42.5 Å². The van der Waals surface area contributed by atoms with Gasteiger partial charge in [0.05, 0.1) is 5.52 Å². The van der Waals surface area contributed by atoms with Crippen molar-refractivity contribution in [1.29, 1.82) is 0 Å². The highest BCUT2D eigenvalue weighted by Crippen LogP contribution is 2.22. The van der Waals surface area contributed by atoms with Crippen molar-refractivity contribution in [3.05, 3.63) is 66.9 Å². The first kappa shape index (κ1) is 11.1. The SMILES string of the molecule is c1ccc2nc(Nc3ccc4[nH]ccc4c3)ccc2c1. The molecule has 0 saturated carbocycles. The molecule has 3 heteroatoms. The summed E-state index contributed by atoms with van der Waals surface area (Å²) in [4.78, 5) is 7.81. The lowest BCUT2D eigenvalue weighted by molar-refractivity contribution is 1.37. The average Bonchev–Trinajstić information content (AvgIpc) is 2.95. The van der Waals surface area contributed by atoms with Gasteiger partial charge in [-0.1, -0.05) is 18.2 Å². The third-order valence-corrected chi connectivity index (χ3v) is 3.42. The highest BCUT2D eigenvalue weighted by molar-refractivity contribution is 5.85. The van der Waals surface area contributed by atoms with Gasteiger partial charge in [-0.15, -0.1) is 0 Å². The molecule has 0 bridgehead atoms. The van der Waals surface area contributed by atoms with E-state index in [4.69, 9.17) is 0 Å². The maximum Gasteiger partial charge on any atom is 0.131 e. The van der Waals surface area contributed by atoms with Gasteiger partial charge in [-0.25, -0.2) is 4.98 Å². The number of hydrogen-bond acceptors (Lipinski definition) is 2. The Bertz CT molecular complexity index is 893. The number of hydrogen-bond donors (Lipinski definition) is 2. The van der Waals surface area contributed by atoms with Crippen LogP contribution in [0.2, 0.25) is 0 Å². The zero-order valence-corrected chi connectivity index (χ0v) is 10.8. The molecule has 0 aliphatic rings. The van der Waals surface area contributed by atoms with Crippen molar-refractivity contribution in [2.75, 3.05) is 5.32 Å². The van der Waals surface area contributed by atoms with Crippen LogP contribution in [0.5, 0.6) is 0 Å². The number of benzene rings is 2. The number of nitrogens with zero attached hydrogens (tertiary/aromatic N) is 1. The Morgan fingerprint density at radius 3 is 2.80 bits per heavy atom. The van der Waals surface area contributed by atoms with Crippen LogP contribution >= 0.6 is 0 Å². The van der Waals surface area contributed by atoms with Gasteiger partial charge in [-0.2, -0.15) is 0 Å². The van der Waals surface area contributed by atoms with E-state index in [2.05, 4.69) is 51.7 Å². The molecule has 0 atom stereocenters. The molecule has 96 valence electrons. The lowest BCUT2D eigenvalue weighted by atomic mass is 10.2. The zero-order chi connectivity index (χ0) is 13.4. The molecule has 0 aliphatic heterocycles.